The second kappa shape index (κ2) is 5.14. The second-order valence-corrected chi connectivity index (χ2v) is 4.84. The van der Waals surface area contributed by atoms with Crippen molar-refractivity contribution in [2.24, 2.45) is 0 Å². The zero-order chi connectivity index (χ0) is 15.0. The van der Waals surface area contributed by atoms with Crippen LogP contribution in [0.15, 0.2) is 30.5 Å². The number of rotatable bonds is 2. The van der Waals surface area contributed by atoms with Gasteiger partial charge in [0.1, 0.15) is 0 Å². The number of hydrogen-bond donors (Lipinski definition) is 0. The van der Waals surface area contributed by atoms with Gasteiger partial charge < -0.3 is 4.74 Å². The molecular weight excluding hydrogens is 292 g/mol. The van der Waals surface area contributed by atoms with Crippen LogP contribution in [0.25, 0.3) is 17.2 Å². The Labute approximate surface area is 125 Å². The van der Waals surface area contributed by atoms with Crippen LogP contribution in [0.2, 0.25) is 5.02 Å². The van der Waals surface area contributed by atoms with Gasteiger partial charge in [0, 0.05) is 16.8 Å². The normalized spacial score (nSPS) is 10.8. The highest BCUT2D eigenvalue weighted by Gasteiger charge is 2.16. The number of ether oxygens (including phenoxy) is 1. The molecule has 0 radical (unpaired) electrons. The third-order valence-corrected chi connectivity index (χ3v) is 3.33. The topological polar surface area (TPSA) is 69.4 Å². The van der Waals surface area contributed by atoms with Crippen molar-refractivity contribution < 1.29 is 9.53 Å². The quantitative estimate of drug-likeness (QED) is 0.680. The lowest BCUT2D eigenvalue weighted by atomic mass is 10.2. The maximum Gasteiger partial charge on any atom is 0.341 e. The fraction of sp³-hybridized carbons (Fsp3) is 0.143. The highest BCUT2D eigenvalue weighted by molar-refractivity contribution is 6.30. The number of hydrogen-bond acceptors (Lipinski definition) is 5. The van der Waals surface area contributed by atoms with E-state index in [9.17, 15) is 4.79 Å². The van der Waals surface area contributed by atoms with Crippen molar-refractivity contribution in [1.82, 2.24) is 19.6 Å². The van der Waals surface area contributed by atoms with Crippen molar-refractivity contribution in [3.8, 4) is 11.4 Å². The molecule has 0 spiro atoms. The number of fused-ring (bicyclic) bond motifs is 1. The molecule has 0 saturated heterocycles. The highest BCUT2D eigenvalue weighted by Crippen LogP contribution is 2.20. The number of carbonyl (C=O) groups excluding carboxylic acids is 1. The predicted molar refractivity (Wildman–Crippen MR) is 77.3 cm³/mol. The number of esters is 1. The summed E-state index contributed by atoms with van der Waals surface area (Å²) in [4.78, 5) is 20.1. The van der Waals surface area contributed by atoms with Crippen LogP contribution in [-0.4, -0.2) is 32.7 Å². The Morgan fingerprint density at radius 2 is 2.19 bits per heavy atom. The van der Waals surface area contributed by atoms with Gasteiger partial charge in [-0.25, -0.2) is 14.3 Å². The molecule has 0 bridgehead atoms. The lowest BCUT2D eigenvalue weighted by Crippen LogP contribution is -2.09. The van der Waals surface area contributed by atoms with E-state index in [1.165, 1.54) is 17.8 Å². The summed E-state index contributed by atoms with van der Waals surface area (Å²) in [5.41, 5.74) is 1.76. The van der Waals surface area contributed by atoms with Crippen LogP contribution in [0.4, 0.5) is 0 Å². The van der Waals surface area contributed by atoms with Gasteiger partial charge in [0.05, 0.1) is 18.4 Å². The average Bonchev–Trinajstić information content (AvgIpc) is 2.92. The molecule has 2 aromatic heterocycles. The lowest BCUT2D eigenvalue weighted by molar-refractivity contribution is 0.0598. The van der Waals surface area contributed by atoms with E-state index in [1.807, 2.05) is 12.1 Å². The highest BCUT2D eigenvalue weighted by atomic mass is 35.5. The smallest absolute Gasteiger partial charge is 0.341 e. The molecule has 0 aliphatic carbocycles. The predicted octanol–water partition coefficient (Wildman–Crippen LogP) is 2.54. The molecule has 0 atom stereocenters. The number of methoxy groups -OCH3 is 1. The van der Waals surface area contributed by atoms with Gasteiger partial charge in [-0.3, -0.25) is 0 Å². The van der Waals surface area contributed by atoms with Gasteiger partial charge in [-0.05, 0) is 19.1 Å². The molecule has 0 unspecified atom stereocenters. The molecular formula is C14H11ClN4O2. The molecule has 0 saturated carbocycles. The molecule has 3 rings (SSSR count). The van der Waals surface area contributed by atoms with Gasteiger partial charge in [0.15, 0.2) is 5.82 Å². The number of aryl methyl sites for hydroxylation is 1. The zero-order valence-corrected chi connectivity index (χ0v) is 12.1. The minimum atomic E-state index is -0.457. The molecule has 3 aromatic rings. The van der Waals surface area contributed by atoms with Gasteiger partial charge in [-0.15, -0.1) is 5.10 Å². The molecule has 0 aliphatic rings. The summed E-state index contributed by atoms with van der Waals surface area (Å²) in [5, 5.41) is 4.98. The van der Waals surface area contributed by atoms with Crippen LogP contribution in [0.3, 0.4) is 0 Å². The molecule has 6 nitrogen and oxygen atoms in total. The molecule has 0 N–H and O–H groups in total. The molecule has 0 aliphatic heterocycles. The summed E-state index contributed by atoms with van der Waals surface area (Å²) in [6.45, 7) is 1.76. The maximum absolute atomic E-state index is 11.7. The average molecular weight is 303 g/mol. The first-order valence-electron chi connectivity index (χ1n) is 6.17. The fourth-order valence-electron chi connectivity index (χ4n) is 2.00. The summed E-state index contributed by atoms with van der Waals surface area (Å²) in [5.74, 6) is 0.451. The summed E-state index contributed by atoms with van der Waals surface area (Å²) in [6, 6.07) is 7.23. The first-order chi connectivity index (χ1) is 10.1. The SMILES string of the molecule is COC(=O)c1cnc2nc(-c3cccc(Cl)c3)nn2c1C. The van der Waals surface area contributed by atoms with Crippen LogP contribution in [0.1, 0.15) is 16.1 Å². The van der Waals surface area contributed by atoms with E-state index in [1.54, 1.807) is 19.1 Å². The first-order valence-corrected chi connectivity index (χ1v) is 6.54. The maximum atomic E-state index is 11.7. The van der Waals surface area contributed by atoms with Crippen LogP contribution < -0.4 is 0 Å². The fourth-order valence-corrected chi connectivity index (χ4v) is 2.19. The standard InChI is InChI=1S/C14H11ClN4O2/c1-8-11(13(20)21-2)7-16-14-17-12(18-19(8)14)9-4-3-5-10(15)6-9/h3-7H,1-2H3. The summed E-state index contributed by atoms with van der Waals surface area (Å²) < 4.78 is 6.23. The van der Waals surface area contributed by atoms with Crippen LogP contribution in [0, 0.1) is 6.92 Å². The van der Waals surface area contributed by atoms with Crippen LogP contribution in [-0.2, 0) is 4.74 Å². The van der Waals surface area contributed by atoms with Crippen molar-refractivity contribution in [2.45, 2.75) is 6.92 Å². The van der Waals surface area contributed by atoms with E-state index in [0.717, 1.165) is 5.56 Å². The summed E-state index contributed by atoms with van der Waals surface area (Å²) >= 11 is 5.97. The van der Waals surface area contributed by atoms with E-state index in [2.05, 4.69) is 15.1 Å². The molecule has 0 fully saturated rings. The summed E-state index contributed by atoms with van der Waals surface area (Å²) in [6.07, 6.45) is 1.44. The zero-order valence-electron chi connectivity index (χ0n) is 11.4. The van der Waals surface area contributed by atoms with Gasteiger partial charge in [-0.2, -0.15) is 4.98 Å². The third-order valence-electron chi connectivity index (χ3n) is 3.09. The van der Waals surface area contributed by atoms with Crippen molar-refractivity contribution >= 4 is 23.3 Å². The van der Waals surface area contributed by atoms with Crippen molar-refractivity contribution in [2.75, 3.05) is 7.11 Å². The minimum absolute atomic E-state index is 0.354. The number of aromatic nitrogens is 4. The number of carbonyl (C=O) groups is 1. The molecule has 2 heterocycles. The molecule has 7 heteroatoms. The molecule has 1 aromatic carbocycles. The number of nitrogens with zero attached hydrogens (tertiary/aromatic N) is 4. The van der Waals surface area contributed by atoms with Crippen molar-refractivity contribution in [3.05, 3.63) is 46.7 Å². The third kappa shape index (κ3) is 2.34. The summed E-state index contributed by atoms with van der Waals surface area (Å²) in [7, 11) is 1.32. The van der Waals surface area contributed by atoms with Crippen molar-refractivity contribution in [3.63, 3.8) is 0 Å². The Morgan fingerprint density at radius 1 is 1.38 bits per heavy atom. The Morgan fingerprint density at radius 3 is 2.90 bits per heavy atom. The molecule has 0 amide bonds. The van der Waals surface area contributed by atoms with E-state index >= 15 is 0 Å². The monoisotopic (exact) mass is 302 g/mol. The van der Waals surface area contributed by atoms with Crippen LogP contribution >= 0.6 is 11.6 Å². The van der Waals surface area contributed by atoms with E-state index in [0.29, 0.717) is 27.9 Å². The van der Waals surface area contributed by atoms with Gasteiger partial charge >= 0.3 is 5.97 Å². The van der Waals surface area contributed by atoms with Gasteiger partial charge in [0.2, 0.25) is 0 Å². The first kappa shape index (κ1) is 13.5. The Kier molecular flexibility index (Phi) is 3.31. The molecule has 21 heavy (non-hydrogen) atoms. The second-order valence-electron chi connectivity index (χ2n) is 4.41. The van der Waals surface area contributed by atoms with Crippen molar-refractivity contribution in [1.29, 1.82) is 0 Å². The Hall–Kier alpha value is -2.47. The Bertz CT molecular complexity index is 844. The molecule has 106 valence electrons. The van der Waals surface area contributed by atoms with E-state index in [-0.39, 0.29) is 0 Å². The largest absolute Gasteiger partial charge is 0.465 e. The van der Waals surface area contributed by atoms with Gasteiger partial charge in [0.25, 0.3) is 5.78 Å². The Balaban J connectivity index is 2.16. The van der Waals surface area contributed by atoms with Gasteiger partial charge in [-0.1, -0.05) is 23.7 Å². The lowest BCUT2D eigenvalue weighted by Gasteiger charge is -2.03. The van der Waals surface area contributed by atoms with E-state index < -0.39 is 5.97 Å². The van der Waals surface area contributed by atoms with E-state index in [4.69, 9.17) is 16.3 Å². The number of benzene rings is 1. The van der Waals surface area contributed by atoms with Crippen LogP contribution in [0.5, 0.6) is 0 Å². The minimum Gasteiger partial charge on any atom is -0.465 e. The number of halogens is 1.